The predicted molar refractivity (Wildman–Crippen MR) is 76.0 cm³/mol. The van der Waals surface area contributed by atoms with Gasteiger partial charge in [-0.1, -0.05) is 13.8 Å². The van der Waals surface area contributed by atoms with Crippen molar-refractivity contribution in [1.29, 1.82) is 0 Å². The molecule has 0 aliphatic carbocycles. The average Bonchev–Trinajstić information content (AvgIpc) is 2.44. The summed E-state index contributed by atoms with van der Waals surface area (Å²) >= 11 is 0. The molecule has 0 saturated carbocycles. The summed E-state index contributed by atoms with van der Waals surface area (Å²) in [7, 11) is 3.36. The second kappa shape index (κ2) is 6.47. The van der Waals surface area contributed by atoms with Gasteiger partial charge in [0.25, 0.3) is 5.91 Å². The maximum atomic E-state index is 11.6. The van der Waals surface area contributed by atoms with E-state index < -0.39 is 0 Å². The van der Waals surface area contributed by atoms with Gasteiger partial charge in [0, 0.05) is 26.2 Å². The Kier molecular flexibility index (Phi) is 5.23. The van der Waals surface area contributed by atoms with Crippen LogP contribution in [-0.4, -0.2) is 47.2 Å². The maximum Gasteiger partial charge on any atom is 0.273 e. The molecule has 1 heterocycles. The quantitative estimate of drug-likeness (QED) is 0.805. The van der Waals surface area contributed by atoms with Gasteiger partial charge < -0.3 is 16.0 Å². The van der Waals surface area contributed by atoms with Crippen molar-refractivity contribution in [3.8, 4) is 0 Å². The van der Waals surface area contributed by atoms with E-state index in [4.69, 9.17) is 5.73 Å². The lowest BCUT2D eigenvalue weighted by atomic mass is 9.94. The lowest BCUT2D eigenvalue weighted by molar-refractivity contribution is 0.0821. The third kappa shape index (κ3) is 4.17. The van der Waals surface area contributed by atoms with Crippen molar-refractivity contribution in [2.45, 2.75) is 32.2 Å². The highest BCUT2D eigenvalue weighted by Crippen LogP contribution is 2.12. The topological polar surface area (TPSA) is 84.1 Å². The molecule has 0 aromatic carbocycles. The standard InChI is InChI=1S/C13H23N5O/c1-5-13(14,6-2)9-15-11-8-7-10(16-17-11)12(19)18(3)4/h7-8H,5-6,9,14H2,1-4H3,(H,15,17). The summed E-state index contributed by atoms with van der Waals surface area (Å²) in [6.45, 7) is 4.76. The summed E-state index contributed by atoms with van der Waals surface area (Å²) in [6.07, 6.45) is 1.78. The first kappa shape index (κ1) is 15.4. The third-order valence-corrected chi connectivity index (χ3v) is 3.32. The number of carbonyl (C=O) groups is 1. The molecule has 0 saturated heterocycles. The highest BCUT2D eigenvalue weighted by Gasteiger charge is 2.20. The molecule has 1 aromatic heterocycles. The number of amides is 1. The molecule has 19 heavy (non-hydrogen) atoms. The summed E-state index contributed by atoms with van der Waals surface area (Å²) in [5, 5.41) is 11.1. The third-order valence-electron chi connectivity index (χ3n) is 3.32. The zero-order valence-corrected chi connectivity index (χ0v) is 12.1. The molecule has 1 aromatic rings. The van der Waals surface area contributed by atoms with E-state index in [1.807, 2.05) is 0 Å². The van der Waals surface area contributed by atoms with Crippen molar-refractivity contribution in [3.05, 3.63) is 17.8 Å². The van der Waals surface area contributed by atoms with Crippen molar-refractivity contribution in [3.63, 3.8) is 0 Å². The molecule has 6 nitrogen and oxygen atoms in total. The summed E-state index contributed by atoms with van der Waals surface area (Å²) < 4.78 is 0. The van der Waals surface area contributed by atoms with Crippen LogP contribution in [0, 0.1) is 0 Å². The highest BCUT2D eigenvalue weighted by atomic mass is 16.2. The first-order valence-electron chi connectivity index (χ1n) is 6.50. The summed E-state index contributed by atoms with van der Waals surface area (Å²) in [6, 6.07) is 3.41. The molecule has 1 rings (SSSR count). The van der Waals surface area contributed by atoms with Gasteiger partial charge in [0.1, 0.15) is 5.82 Å². The van der Waals surface area contributed by atoms with Gasteiger partial charge in [-0.3, -0.25) is 4.79 Å². The minimum Gasteiger partial charge on any atom is -0.367 e. The molecule has 0 radical (unpaired) electrons. The number of rotatable bonds is 6. The Morgan fingerprint density at radius 3 is 2.37 bits per heavy atom. The van der Waals surface area contributed by atoms with Crippen LogP contribution in [0.3, 0.4) is 0 Å². The fraction of sp³-hybridized carbons (Fsp3) is 0.615. The Morgan fingerprint density at radius 1 is 1.32 bits per heavy atom. The Bertz CT molecular complexity index is 412. The van der Waals surface area contributed by atoms with Crippen LogP contribution in [0.1, 0.15) is 37.2 Å². The highest BCUT2D eigenvalue weighted by molar-refractivity contribution is 5.91. The number of nitrogens with zero attached hydrogens (tertiary/aromatic N) is 3. The first-order valence-corrected chi connectivity index (χ1v) is 6.50. The van der Waals surface area contributed by atoms with Crippen molar-refractivity contribution in [2.75, 3.05) is 26.0 Å². The minimum atomic E-state index is -0.236. The van der Waals surface area contributed by atoms with E-state index in [9.17, 15) is 4.79 Å². The van der Waals surface area contributed by atoms with Crippen LogP contribution in [0.2, 0.25) is 0 Å². The number of aromatic nitrogens is 2. The van der Waals surface area contributed by atoms with Gasteiger partial charge in [-0.15, -0.1) is 10.2 Å². The lowest BCUT2D eigenvalue weighted by Gasteiger charge is -2.26. The zero-order valence-electron chi connectivity index (χ0n) is 12.1. The van der Waals surface area contributed by atoms with Gasteiger partial charge in [-0.2, -0.15) is 0 Å². The molecule has 0 unspecified atom stereocenters. The van der Waals surface area contributed by atoms with E-state index in [1.54, 1.807) is 26.2 Å². The molecule has 0 aliphatic rings. The zero-order chi connectivity index (χ0) is 14.5. The van der Waals surface area contributed by atoms with Gasteiger partial charge in [0.05, 0.1) is 0 Å². The molecular formula is C13H23N5O. The molecular weight excluding hydrogens is 242 g/mol. The number of hydrogen-bond donors (Lipinski definition) is 2. The van der Waals surface area contributed by atoms with Crippen LogP contribution in [0.4, 0.5) is 5.82 Å². The van der Waals surface area contributed by atoms with Gasteiger partial charge in [0.15, 0.2) is 5.69 Å². The Balaban J connectivity index is 2.65. The number of hydrogen-bond acceptors (Lipinski definition) is 5. The second-order valence-corrected chi connectivity index (χ2v) is 4.93. The summed E-state index contributed by atoms with van der Waals surface area (Å²) in [4.78, 5) is 13.1. The Labute approximate surface area is 114 Å². The predicted octanol–water partition coefficient (Wildman–Crippen LogP) is 1.11. The largest absolute Gasteiger partial charge is 0.367 e. The summed E-state index contributed by atoms with van der Waals surface area (Å²) in [5.41, 5.74) is 6.29. The van der Waals surface area contributed by atoms with Gasteiger partial charge in [-0.25, -0.2) is 0 Å². The number of nitrogens with one attached hydrogen (secondary N) is 1. The molecule has 106 valence electrons. The van der Waals surface area contributed by atoms with Crippen LogP contribution >= 0.6 is 0 Å². The van der Waals surface area contributed by atoms with E-state index in [1.165, 1.54) is 4.90 Å². The Morgan fingerprint density at radius 2 is 1.95 bits per heavy atom. The monoisotopic (exact) mass is 265 g/mol. The van der Waals surface area contributed by atoms with Crippen LogP contribution in [0.15, 0.2) is 12.1 Å². The molecule has 0 bridgehead atoms. The average molecular weight is 265 g/mol. The van der Waals surface area contributed by atoms with Gasteiger partial charge >= 0.3 is 0 Å². The fourth-order valence-electron chi connectivity index (χ4n) is 1.54. The molecule has 0 spiro atoms. The molecule has 0 aliphatic heterocycles. The van der Waals surface area contributed by atoms with Crippen LogP contribution in [0.5, 0.6) is 0 Å². The van der Waals surface area contributed by atoms with E-state index in [0.29, 0.717) is 18.1 Å². The SMILES string of the molecule is CCC(N)(CC)CNc1ccc(C(=O)N(C)C)nn1. The lowest BCUT2D eigenvalue weighted by Crippen LogP contribution is -2.45. The van der Waals surface area contributed by atoms with Crippen molar-refractivity contribution in [2.24, 2.45) is 5.73 Å². The van der Waals surface area contributed by atoms with Crippen LogP contribution in [-0.2, 0) is 0 Å². The molecule has 1 amide bonds. The molecule has 0 fully saturated rings. The van der Waals surface area contributed by atoms with E-state index in [2.05, 4.69) is 29.4 Å². The second-order valence-electron chi connectivity index (χ2n) is 4.93. The van der Waals surface area contributed by atoms with E-state index >= 15 is 0 Å². The van der Waals surface area contributed by atoms with Crippen molar-refractivity contribution in [1.82, 2.24) is 15.1 Å². The molecule has 0 atom stereocenters. The maximum absolute atomic E-state index is 11.6. The molecule has 3 N–H and O–H groups in total. The summed E-state index contributed by atoms with van der Waals surface area (Å²) in [5.74, 6) is 0.473. The van der Waals surface area contributed by atoms with Gasteiger partial charge in [-0.05, 0) is 25.0 Å². The smallest absolute Gasteiger partial charge is 0.273 e. The van der Waals surface area contributed by atoms with Crippen LogP contribution < -0.4 is 11.1 Å². The fourth-order valence-corrected chi connectivity index (χ4v) is 1.54. The Hall–Kier alpha value is -1.69. The molecule has 6 heteroatoms. The normalized spacial score (nSPS) is 11.2. The van der Waals surface area contributed by atoms with Crippen LogP contribution in [0.25, 0.3) is 0 Å². The number of nitrogens with two attached hydrogens (primary N) is 1. The van der Waals surface area contributed by atoms with Crippen molar-refractivity contribution < 1.29 is 4.79 Å². The number of anilines is 1. The van der Waals surface area contributed by atoms with Crippen molar-refractivity contribution >= 4 is 11.7 Å². The minimum absolute atomic E-state index is 0.158. The van der Waals surface area contributed by atoms with E-state index in [-0.39, 0.29) is 11.4 Å². The van der Waals surface area contributed by atoms with Gasteiger partial charge in [0.2, 0.25) is 0 Å². The number of carbonyl (C=O) groups excluding carboxylic acids is 1. The van der Waals surface area contributed by atoms with E-state index in [0.717, 1.165) is 12.8 Å². The first-order chi connectivity index (χ1) is 8.91.